The third kappa shape index (κ3) is 4.12. The summed E-state index contributed by atoms with van der Waals surface area (Å²) < 4.78 is 6.10. The van der Waals surface area contributed by atoms with Gasteiger partial charge in [0.05, 0.1) is 11.3 Å². The summed E-state index contributed by atoms with van der Waals surface area (Å²) in [5.74, 6) is -0.106. The Morgan fingerprint density at radius 3 is 2.68 bits per heavy atom. The molecular formula is C17H12ClNO4S2. The van der Waals surface area contributed by atoms with Gasteiger partial charge in [-0.05, 0) is 36.4 Å². The van der Waals surface area contributed by atoms with Gasteiger partial charge in [-0.25, -0.2) is 0 Å². The summed E-state index contributed by atoms with van der Waals surface area (Å²) in [4.78, 5) is 24.7. The molecule has 0 radical (unpaired) electrons. The van der Waals surface area contributed by atoms with Gasteiger partial charge in [-0.15, -0.1) is 0 Å². The molecule has 1 aliphatic heterocycles. The van der Waals surface area contributed by atoms with Gasteiger partial charge < -0.3 is 9.52 Å². The van der Waals surface area contributed by atoms with E-state index in [9.17, 15) is 9.59 Å². The zero-order valence-corrected chi connectivity index (χ0v) is 15.2. The van der Waals surface area contributed by atoms with Crippen molar-refractivity contribution in [3.63, 3.8) is 0 Å². The molecule has 1 aromatic carbocycles. The maximum Gasteiger partial charge on any atom is 0.305 e. The Kier molecular flexibility index (Phi) is 5.27. The van der Waals surface area contributed by atoms with E-state index in [1.54, 1.807) is 30.3 Å². The number of carbonyl (C=O) groups excluding carboxylic acids is 1. The van der Waals surface area contributed by atoms with E-state index in [0.717, 1.165) is 17.3 Å². The molecule has 8 heteroatoms. The molecule has 0 unspecified atom stereocenters. The fraction of sp³-hybridized carbons (Fsp3) is 0.118. The van der Waals surface area contributed by atoms with Crippen molar-refractivity contribution in [3.8, 4) is 11.3 Å². The second kappa shape index (κ2) is 7.43. The summed E-state index contributed by atoms with van der Waals surface area (Å²) in [6.07, 6.45) is 1.46. The van der Waals surface area contributed by atoms with Crippen molar-refractivity contribution in [2.24, 2.45) is 0 Å². The second-order valence-corrected chi connectivity index (χ2v) is 7.30. The number of carboxylic acids is 1. The fourth-order valence-corrected chi connectivity index (χ4v) is 3.64. The van der Waals surface area contributed by atoms with Crippen LogP contribution in [0.4, 0.5) is 0 Å². The molecule has 0 saturated carbocycles. The Morgan fingerprint density at radius 1 is 1.28 bits per heavy atom. The van der Waals surface area contributed by atoms with Gasteiger partial charge in [-0.1, -0.05) is 35.6 Å². The van der Waals surface area contributed by atoms with Crippen LogP contribution in [-0.4, -0.2) is 32.7 Å². The fourth-order valence-electron chi connectivity index (χ4n) is 2.23. The summed E-state index contributed by atoms with van der Waals surface area (Å²) in [6, 6.07) is 10.8. The lowest BCUT2D eigenvalue weighted by molar-refractivity contribution is -0.137. The average Bonchev–Trinajstić information content (AvgIpc) is 3.12. The normalized spacial score (nSPS) is 16.0. The van der Waals surface area contributed by atoms with Crippen molar-refractivity contribution in [1.82, 2.24) is 4.90 Å². The van der Waals surface area contributed by atoms with Gasteiger partial charge in [0.1, 0.15) is 15.8 Å². The zero-order chi connectivity index (χ0) is 18.0. The highest BCUT2D eigenvalue weighted by Crippen LogP contribution is 2.33. The summed E-state index contributed by atoms with van der Waals surface area (Å²) in [7, 11) is 0. The maximum atomic E-state index is 12.3. The first-order valence-corrected chi connectivity index (χ1v) is 8.87. The number of thioether (sulfide) groups is 1. The quantitative estimate of drug-likeness (QED) is 0.604. The molecule has 1 fully saturated rings. The van der Waals surface area contributed by atoms with Crippen molar-refractivity contribution in [2.45, 2.75) is 6.42 Å². The van der Waals surface area contributed by atoms with Crippen LogP contribution in [-0.2, 0) is 9.59 Å². The maximum absolute atomic E-state index is 12.3. The molecule has 1 aliphatic rings. The number of nitrogens with zero attached hydrogens (tertiary/aromatic N) is 1. The van der Waals surface area contributed by atoms with Crippen molar-refractivity contribution in [2.75, 3.05) is 6.54 Å². The Hall–Kier alpha value is -2.09. The third-order valence-electron chi connectivity index (χ3n) is 3.45. The molecule has 0 spiro atoms. The van der Waals surface area contributed by atoms with Gasteiger partial charge in [0, 0.05) is 23.2 Å². The van der Waals surface area contributed by atoms with Gasteiger partial charge in [0.25, 0.3) is 5.91 Å². The number of hydrogen-bond donors (Lipinski definition) is 1. The molecule has 1 N–H and O–H groups in total. The summed E-state index contributed by atoms with van der Waals surface area (Å²) in [5, 5.41) is 9.39. The highest BCUT2D eigenvalue weighted by molar-refractivity contribution is 8.26. The van der Waals surface area contributed by atoms with Crippen LogP contribution in [0.25, 0.3) is 17.4 Å². The molecular weight excluding hydrogens is 382 g/mol. The largest absolute Gasteiger partial charge is 0.481 e. The number of carboxylic acid groups (broad SMARTS) is 1. The number of benzene rings is 1. The smallest absolute Gasteiger partial charge is 0.305 e. The number of halogens is 1. The van der Waals surface area contributed by atoms with Gasteiger partial charge in [-0.2, -0.15) is 0 Å². The van der Waals surface area contributed by atoms with E-state index >= 15 is 0 Å². The van der Waals surface area contributed by atoms with Crippen molar-refractivity contribution >= 4 is 57.9 Å². The number of aliphatic carboxylic acids is 1. The first kappa shape index (κ1) is 17.7. The number of rotatable bonds is 5. The minimum Gasteiger partial charge on any atom is -0.481 e. The molecule has 2 aromatic rings. The van der Waals surface area contributed by atoms with Crippen LogP contribution in [0.15, 0.2) is 45.7 Å². The SMILES string of the molecule is O=C(O)CCN1C(=O)/C(=C\c2ccc(-c3ccc(Cl)cc3)o2)SC1=S. The molecule has 1 amide bonds. The van der Waals surface area contributed by atoms with E-state index in [1.807, 2.05) is 12.1 Å². The van der Waals surface area contributed by atoms with Crippen molar-refractivity contribution < 1.29 is 19.1 Å². The van der Waals surface area contributed by atoms with Crippen LogP contribution in [0.5, 0.6) is 0 Å². The molecule has 0 atom stereocenters. The molecule has 1 saturated heterocycles. The van der Waals surface area contributed by atoms with Crippen LogP contribution in [0.2, 0.25) is 5.02 Å². The molecule has 5 nitrogen and oxygen atoms in total. The predicted octanol–water partition coefficient (Wildman–Crippen LogP) is 4.28. The summed E-state index contributed by atoms with van der Waals surface area (Å²) >= 11 is 12.2. The van der Waals surface area contributed by atoms with E-state index in [2.05, 4.69) is 0 Å². The molecule has 0 bridgehead atoms. The molecule has 3 rings (SSSR count). The monoisotopic (exact) mass is 393 g/mol. The number of carbonyl (C=O) groups is 2. The Balaban J connectivity index is 1.77. The standard InChI is InChI=1S/C17H12ClNO4S2/c18-11-3-1-10(2-4-11)13-6-5-12(23-13)9-14-16(22)19(17(24)25-14)8-7-15(20)21/h1-6,9H,7-8H2,(H,20,21)/b14-9+. The van der Waals surface area contributed by atoms with E-state index < -0.39 is 5.97 Å². The van der Waals surface area contributed by atoms with Gasteiger partial charge in [0.15, 0.2) is 0 Å². The van der Waals surface area contributed by atoms with Gasteiger partial charge in [0.2, 0.25) is 0 Å². The lowest BCUT2D eigenvalue weighted by atomic mass is 10.2. The summed E-state index contributed by atoms with van der Waals surface area (Å²) in [6.45, 7) is 0.0610. The molecule has 25 heavy (non-hydrogen) atoms. The molecule has 0 aliphatic carbocycles. The lowest BCUT2D eigenvalue weighted by Crippen LogP contribution is -2.30. The molecule has 2 heterocycles. The van der Waals surface area contributed by atoms with Crippen LogP contribution in [0, 0.1) is 0 Å². The first-order chi connectivity index (χ1) is 11.9. The van der Waals surface area contributed by atoms with Crippen molar-refractivity contribution in [3.05, 3.63) is 52.1 Å². The number of furan rings is 1. The van der Waals surface area contributed by atoms with E-state index in [1.165, 1.54) is 4.90 Å². The number of amides is 1. The Morgan fingerprint density at radius 2 is 2.00 bits per heavy atom. The highest BCUT2D eigenvalue weighted by atomic mass is 35.5. The van der Waals surface area contributed by atoms with Gasteiger partial charge >= 0.3 is 5.97 Å². The lowest BCUT2D eigenvalue weighted by Gasteiger charge is -2.12. The zero-order valence-electron chi connectivity index (χ0n) is 12.8. The first-order valence-electron chi connectivity index (χ1n) is 7.27. The molecule has 1 aromatic heterocycles. The Labute approximate surface area is 158 Å². The highest BCUT2D eigenvalue weighted by Gasteiger charge is 2.32. The minimum atomic E-state index is -0.975. The predicted molar refractivity (Wildman–Crippen MR) is 101 cm³/mol. The van der Waals surface area contributed by atoms with Crippen LogP contribution >= 0.6 is 35.6 Å². The minimum absolute atomic E-state index is 0.0610. The van der Waals surface area contributed by atoms with Gasteiger partial charge in [-0.3, -0.25) is 14.5 Å². The summed E-state index contributed by atoms with van der Waals surface area (Å²) in [5.41, 5.74) is 0.873. The van der Waals surface area contributed by atoms with Crippen LogP contribution in [0.3, 0.4) is 0 Å². The molecule has 128 valence electrons. The van der Waals surface area contributed by atoms with E-state index in [0.29, 0.717) is 25.8 Å². The van der Waals surface area contributed by atoms with Crippen LogP contribution < -0.4 is 0 Å². The Bertz CT molecular complexity index is 873. The number of thiocarbonyl (C=S) groups is 1. The van der Waals surface area contributed by atoms with Crippen LogP contribution in [0.1, 0.15) is 12.2 Å². The number of hydrogen-bond acceptors (Lipinski definition) is 5. The topological polar surface area (TPSA) is 70.8 Å². The van der Waals surface area contributed by atoms with E-state index in [-0.39, 0.29) is 18.9 Å². The second-order valence-electron chi connectivity index (χ2n) is 5.19. The average molecular weight is 394 g/mol. The third-order valence-corrected chi connectivity index (χ3v) is 5.08. The van der Waals surface area contributed by atoms with Crippen molar-refractivity contribution in [1.29, 1.82) is 0 Å². The van der Waals surface area contributed by atoms with E-state index in [4.69, 9.17) is 33.3 Å².